The number of hydrogen-bond donors (Lipinski definition) is 2. The third kappa shape index (κ3) is 2.73. The number of ether oxygens (including phenoxy) is 1. The Hall–Kier alpha value is -1.30. The number of likely N-dealkylation sites (tertiary alicyclic amines) is 1. The van der Waals surface area contributed by atoms with Crippen molar-refractivity contribution in [2.45, 2.75) is 56.5 Å². The molecular weight excluding hydrogens is 272 g/mol. The molecule has 3 atom stereocenters. The Morgan fingerprint density at radius 1 is 1.19 bits per heavy atom. The molecule has 0 radical (unpaired) electrons. The molecule has 6 nitrogen and oxygen atoms in total. The van der Waals surface area contributed by atoms with Crippen LogP contribution in [-0.2, 0) is 9.53 Å². The van der Waals surface area contributed by atoms with E-state index in [9.17, 15) is 14.7 Å². The Balaban J connectivity index is 1.70. The van der Waals surface area contributed by atoms with Crippen molar-refractivity contribution >= 4 is 12.0 Å². The third-order valence-corrected chi connectivity index (χ3v) is 5.28. The van der Waals surface area contributed by atoms with Gasteiger partial charge in [-0.1, -0.05) is 12.8 Å². The fourth-order valence-corrected chi connectivity index (χ4v) is 4.04. The quantitative estimate of drug-likeness (QED) is 0.811. The summed E-state index contributed by atoms with van der Waals surface area (Å²) in [6, 6.07) is 0.0696. The molecule has 2 aliphatic heterocycles. The summed E-state index contributed by atoms with van der Waals surface area (Å²) >= 11 is 0. The van der Waals surface area contributed by atoms with Crippen LogP contribution in [0.15, 0.2) is 0 Å². The van der Waals surface area contributed by atoms with Gasteiger partial charge >= 0.3 is 12.0 Å². The van der Waals surface area contributed by atoms with Crippen LogP contribution in [0, 0.1) is 5.92 Å². The minimum Gasteiger partial charge on any atom is -0.479 e. The van der Waals surface area contributed by atoms with Gasteiger partial charge in [-0.2, -0.15) is 0 Å². The first-order valence-corrected chi connectivity index (χ1v) is 8.02. The van der Waals surface area contributed by atoms with Crippen molar-refractivity contribution in [3.63, 3.8) is 0 Å². The molecule has 1 saturated carbocycles. The third-order valence-electron chi connectivity index (χ3n) is 5.28. The molecule has 3 unspecified atom stereocenters. The lowest BCUT2D eigenvalue weighted by atomic mass is 9.78. The van der Waals surface area contributed by atoms with Crippen molar-refractivity contribution in [1.82, 2.24) is 10.2 Å². The Labute approximate surface area is 124 Å². The van der Waals surface area contributed by atoms with Gasteiger partial charge in [0.2, 0.25) is 0 Å². The number of carboxylic acid groups (broad SMARTS) is 1. The molecule has 0 bridgehead atoms. The molecule has 0 aromatic carbocycles. The van der Waals surface area contributed by atoms with E-state index < -0.39 is 11.5 Å². The topological polar surface area (TPSA) is 78.9 Å². The molecule has 0 aromatic rings. The number of aliphatic carboxylic acids is 1. The van der Waals surface area contributed by atoms with Crippen molar-refractivity contribution in [1.29, 1.82) is 0 Å². The van der Waals surface area contributed by atoms with E-state index in [0.29, 0.717) is 25.0 Å². The van der Waals surface area contributed by atoms with Crippen molar-refractivity contribution in [2.24, 2.45) is 5.92 Å². The molecule has 6 heteroatoms. The molecule has 21 heavy (non-hydrogen) atoms. The van der Waals surface area contributed by atoms with Gasteiger partial charge in [-0.3, -0.25) is 0 Å². The van der Waals surface area contributed by atoms with Crippen molar-refractivity contribution < 1.29 is 19.4 Å². The van der Waals surface area contributed by atoms with E-state index in [1.165, 1.54) is 19.3 Å². The molecule has 3 rings (SSSR count). The fraction of sp³-hybridized carbons (Fsp3) is 0.867. The predicted molar refractivity (Wildman–Crippen MR) is 76.0 cm³/mol. The number of carbonyl (C=O) groups excluding carboxylic acids is 1. The summed E-state index contributed by atoms with van der Waals surface area (Å²) in [6.45, 7) is 1.19. The van der Waals surface area contributed by atoms with Crippen LogP contribution in [0.25, 0.3) is 0 Å². The van der Waals surface area contributed by atoms with Gasteiger partial charge in [-0.05, 0) is 31.6 Å². The second-order valence-corrected chi connectivity index (χ2v) is 6.57. The van der Waals surface area contributed by atoms with Gasteiger partial charge in [0.1, 0.15) is 0 Å². The molecular formula is C15H24N2O4. The van der Waals surface area contributed by atoms with Crippen LogP contribution in [0.4, 0.5) is 4.79 Å². The monoisotopic (exact) mass is 296 g/mol. The van der Waals surface area contributed by atoms with Crippen LogP contribution in [0.2, 0.25) is 0 Å². The molecule has 3 fully saturated rings. The molecule has 2 saturated heterocycles. The van der Waals surface area contributed by atoms with Gasteiger partial charge in [0.15, 0.2) is 5.54 Å². The maximum atomic E-state index is 12.6. The molecule has 2 N–H and O–H groups in total. The normalized spacial score (nSPS) is 36.1. The number of piperidine rings is 1. The van der Waals surface area contributed by atoms with E-state index in [2.05, 4.69) is 5.32 Å². The maximum Gasteiger partial charge on any atom is 0.332 e. The maximum absolute atomic E-state index is 12.6. The molecule has 3 aliphatic rings. The lowest BCUT2D eigenvalue weighted by Gasteiger charge is -2.44. The zero-order valence-corrected chi connectivity index (χ0v) is 12.3. The van der Waals surface area contributed by atoms with E-state index in [1.54, 1.807) is 0 Å². The smallest absolute Gasteiger partial charge is 0.332 e. The highest BCUT2D eigenvalue weighted by Gasteiger charge is 2.46. The van der Waals surface area contributed by atoms with Crippen molar-refractivity contribution in [2.75, 3.05) is 19.8 Å². The minimum atomic E-state index is -1.24. The number of fused-ring (bicyclic) bond motifs is 1. The van der Waals surface area contributed by atoms with Crippen LogP contribution >= 0.6 is 0 Å². The highest BCUT2D eigenvalue weighted by molar-refractivity contribution is 5.87. The molecule has 0 aromatic heterocycles. The molecule has 118 valence electrons. The highest BCUT2D eigenvalue weighted by Crippen LogP contribution is 2.35. The number of carbonyl (C=O) groups is 2. The summed E-state index contributed by atoms with van der Waals surface area (Å²) in [5.41, 5.74) is -1.24. The second kappa shape index (κ2) is 5.83. The zero-order valence-electron chi connectivity index (χ0n) is 12.3. The fourth-order valence-electron chi connectivity index (χ4n) is 4.04. The number of urea groups is 1. The molecule has 0 spiro atoms. The summed E-state index contributed by atoms with van der Waals surface area (Å²) in [5.74, 6) is -0.399. The van der Waals surface area contributed by atoms with E-state index >= 15 is 0 Å². The average Bonchev–Trinajstić information content (AvgIpc) is 2.96. The van der Waals surface area contributed by atoms with Crippen molar-refractivity contribution in [3.8, 4) is 0 Å². The summed E-state index contributed by atoms with van der Waals surface area (Å²) in [4.78, 5) is 26.0. The summed E-state index contributed by atoms with van der Waals surface area (Å²) < 4.78 is 5.20. The van der Waals surface area contributed by atoms with Gasteiger partial charge in [0.25, 0.3) is 0 Å². The number of rotatable bonds is 2. The van der Waals surface area contributed by atoms with E-state index in [1.807, 2.05) is 4.90 Å². The summed E-state index contributed by atoms with van der Waals surface area (Å²) in [5, 5.41) is 12.2. The van der Waals surface area contributed by atoms with Gasteiger partial charge in [-0.15, -0.1) is 0 Å². The first-order chi connectivity index (χ1) is 10.1. The Bertz CT molecular complexity index is 418. The van der Waals surface area contributed by atoms with Crippen LogP contribution in [-0.4, -0.2) is 53.3 Å². The molecule has 2 heterocycles. The van der Waals surface area contributed by atoms with Gasteiger partial charge in [-0.25, -0.2) is 9.59 Å². The Kier molecular flexibility index (Phi) is 4.06. The van der Waals surface area contributed by atoms with Crippen LogP contribution in [0.1, 0.15) is 44.9 Å². The SMILES string of the molecule is O=C(NC1(C(=O)O)CCOC1)N1CCCC2CCCCC21. The second-order valence-electron chi connectivity index (χ2n) is 6.57. The van der Waals surface area contributed by atoms with Crippen LogP contribution < -0.4 is 5.32 Å². The number of carboxylic acids is 1. The van der Waals surface area contributed by atoms with Crippen molar-refractivity contribution in [3.05, 3.63) is 0 Å². The number of hydrogen-bond acceptors (Lipinski definition) is 3. The highest BCUT2D eigenvalue weighted by atomic mass is 16.5. The lowest BCUT2D eigenvalue weighted by Crippen LogP contribution is -2.61. The first kappa shape index (κ1) is 14.6. The standard InChI is InChI=1S/C15H24N2O4/c18-13(19)15(7-9-21-10-15)16-14(20)17-8-3-5-11-4-1-2-6-12(11)17/h11-12H,1-10H2,(H,16,20)(H,18,19). The largest absolute Gasteiger partial charge is 0.479 e. The first-order valence-electron chi connectivity index (χ1n) is 8.02. The predicted octanol–water partition coefficient (Wildman–Crippen LogP) is 1.59. The average molecular weight is 296 g/mol. The zero-order chi connectivity index (χ0) is 14.9. The summed E-state index contributed by atoms with van der Waals surface area (Å²) in [6.07, 6.45) is 7.22. The summed E-state index contributed by atoms with van der Waals surface area (Å²) in [7, 11) is 0. The molecule has 1 aliphatic carbocycles. The van der Waals surface area contributed by atoms with E-state index in [-0.39, 0.29) is 12.6 Å². The van der Waals surface area contributed by atoms with Crippen LogP contribution in [0.5, 0.6) is 0 Å². The number of amides is 2. The van der Waals surface area contributed by atoms with E-state index in [0.717, 1.165) is 25.8 Å². The van der Waals surface area contributed by atoms with Gasteiger partial charge in [0, 0.05) is 25.6 Å². The van der Waals surface area contributed by atoms with Gasteiger partial charge in [0.05, 0.1) is 6.61 Å². The Morgan fingerprint density at radius 2 is 1.95 bits per heavy atom. The lowest BCUT2D eigenvalue weighted by molar-refractivity contribution is -0.144. The molecule has 2 amide bonds. The Morgan fingerprint density at radius 3 is 2.67 bits per heavy atom. The van der Waals surface area contributed by atoms with E-state index in [4.69, 9.17) is 4.74 Å². The minimum absolute atomic E-state index is 0.0655. The number of nitrogens with zero attached hydrogens (tertiary/aromatic N) is 1. The number of nitrogens with one attached hydrogen (secondary N) is 1. The van der Waals surface area contributed by atoms with Gasteiger partial charge < -0.3 is 20.1 Å². The van der Waals surface area contributed by atoms with Crippen LogP contribution in [0.3, 0.4) is 0 Å².